The highest BCUT2D eigenvalue weighted by Gasteiger charge is 2.10. The van der Waals surface area contributed by atoms with Crippen molar-refractivity contribution in [1.29, 1.82) is 0 Å². The second-order valence-electron chi connectivity index (χ2n) is 5.98. The highest BCUT2D eigenvalue weighted by atomic mass is 127. The zero-order valence-corrected chi connectivity index (χ0v) is 17.7. The van der Waals surface area contributed by atoms with Crippen LogP contribution in [0.3, 0.4) is 0 Å². The molecule has 0 fully saturated rings. The minimum Gasteiger partial charge on any atom is -0.396 e. The fourth-order valence-electron chi connectivity index (χ4n) is 2.45. The van der Waals surface area contributed by atoms with Crippen LogP contribution in [0.1, 0.15) is 38.5 Å². The quantitative estimate of drug-likeness (QED) is 0.289. The molecule has 4 nitrogen and oxygen atoms in total. The van der Waals surface area contributed by atoms with Gasteiger partial charge in [-0.05, 0) is 49.5 Å². The van der Waals surface area contributed by atoms with E-state index in [1.165, 1.54) is 4.88 Å². The first-order chi connectivity index (χ1) is 10.7. The summed E-state index contributed by atoms with van der Waals surface area (Å²) in [5.74, 6) is 1.98. The third-order valence-corrected chi connectivity index (χ3v) is 4.37. The molecule has 0 aliphatic carbocycles. The molecule has 0 aromatic carbocycles. The fourth-order valence-corrected chi connectivity index (χ4v) is 3.16. The van der Waals surface area contributed by atoms with E-state index in [0.29, 0.717) is 11.8 Å². The standard InChI is InChI=1S/C17H31N3OS.HI/c1-4-18-17(19-9-7-16-6-5-11-22-16)20-13-15(8-10-21)12-14(2)3;/h5-6,11,14-15,21H,4,7-10,12-13H2,1-3H3,(H2,18,19,20);1H. The van der Waals surface area contributed by atoms with E-state index in [9.17, 15) is 5.11 Å². The van der Waals surface area contributed by atoms with Gasteiger partial charge in [-0.25, -0.2) is 0 Å². The zero-order chi connectivity index (χ0) is 16.2. The Morgan fingerprint density at radius 1 is 1.35 bits per heavy atom. The predicted molar refractivity (Wildman–Crippen MR) is 112 cm³/mol. The second-order valence-corrected chi connectivity index (χ2v) is 7.02. The maximum Gasteiger partial charge on any atom is 0.191 e. The molecule has 0 spiro atoms. The van der Waals surface area contributed by atoms with Crippen LogP contribution in [0.15, 0.2) is 22.5 Å². The molecule has 1 atom stereocenters. The van der Waals surface area contributed by atoms with Crippen LogP contribution in [-0.2, 0) is 6.42 Å². The molecule has 0 aliphatic heterocycles. The van der Waals surface area contributed by atoms with Crippen LogP contribution >= 0.6 is 35.3 Å². The lowest BCUT2D eigenvalue weighted by atomic mass is 9.94. The summed E-state index contributed by atoms with van der Waals surface area (Å²) >= 11 is 1.79. The van der Waals surface area contributed by atoms with Gasteiger partial charge in [0, 0.05) is 31.1 Å². The van der Waals surface area contributed by atoms with Crippen LogP contribution in [0, 0.1) is 11.8 Å². The molecule has 0 bridgehead atoms. The maximum atomic E-state index is 9.19. The average Bonchev–Trinajstić information content (AvgIpc) is 2.97. The van der Waals surface area contributed by atoms with Crippen LogP contribution in [0.25, 0.3) is 0 Å². The van der Waals surface area contributed by atoms with Crippen LogP contribution < -0.4 is 10.6 Å². The van der Waals surface area contributed by atoms with Gasteiger partial charge in [-0.3, -0.25) is 4.99 Å². The minimum absolute atomic E-state index is 0. The monoisotopic (exact) mass is 453 g/mol. The van der Waals surface area contributed by atoms with E-state index >= 15 is 0 Å². The Morgan fingerprint density at radius 3 is 2.70 bits per heavy atom. The van der Waals surface area contributed by atoms with Gasteiger partial charge in [-0.1, -0.05) is 19.9 Å². The van der Waals surface area contributed by atoms with E-state index in [0.717, 1.165) is 44.9 Å². The predicted octanol–water partition coefficient (Wildman–Crippen LogP) is 3.51. The number of guanidine groups is 1. The number of aliphatic hydroxyl groups is 1. The maximum absolute atomic E-state index is 9.19. The van der Waals surface area contributed by atoms with Gasteiger partial charge in [-0.15, -0.1) is 35.3 Å². The lowest BCUT2D eigenvalue weighted by Gasteiger charge is -2.17. The van der Waals surface area contributed by atoms with Crippen molar-refractivity contribution in [3.05, 3.63) is 22.4 Å². The number of aliphatic hydroxyl groups excluding tert-OH is 1. The number of hydrogen-bond acceptors (Lipinski definition) is 3. The first-order valence-electron chi connectivity index (χ1n) is 8.31. The number of aliphatic imine (C=N–C) groups is 1. The fraction of sp³-hybridized carbons (Fsp3) is 0.706. The lowest BCUT2D eigenvalue weighted by Crippen LogP contribution is -2.38. The smallest absolute Gasteiger partial charge is 0.191 e. The SMILES string of the molecule is CCNC(=NCC(CCO)CC(C)C)NCCc1cccs1.I. The van der Waals surface area contributed by atoms with Crippen molar-refractivity contribution >= 4 is 41.3 Å². The van der Waals surface area contributed by atoms with Gasteiger partial charge in [0.05, 0.1) is 0 Å². The zero-order valence-electron chi connectivity index (χ0n) is 14.5. The summed E-state index contributed by atoms with van der Waals surface area (Å²) < 4.78 is 0. The Labute approximate surface area is 162 Å². The number of nitrogens with one attached hydrogen (secondary N) is 2. The Balaban J connectivity index is 0.00000484. The molecule has 1 rings (SSSR count). The van der Waals surface area contributed by atoms with Gasteiger partial charge >= 0.3 is 0 Å². The topological polar surface area (TPSA) is 56.7 Å². The molecule has 0 saturated heterocycles. The molecule has 6 heteroatoms. The molecule has 134 valence electrons. The highest BCUT2D eigenvalue weighted by Crippen LogP contribution is 2.15. The molecule has 0 aliphatic rings. The summed E-state index contributed by atoms with van der Waals surface area (Å²) in [5, 5.41) is 18.0. The van der Waals surface area contributed by atoms with E-state index in [4.69, 9.17) is 4.99 Å². The molecule has 0 radical (unpaired) electrons. The van der Waals surface area contributed by atoms with Gasteiger partial charge in [-0.2, -0.15) is 0 Å². The summed E-state index contributed by atoms with van der Waals surface area (Å²) in [4.78, 5) is 6.08. The highest BCUT2D eigenvalue weighted by molar-refractivity contribution is 14.0. The third kappa shape index (κ3) is 10.9. The van der Waals surface area contributed by atoms with Crippen molar-refractivity contribution in [1.82, 2.24) is 10.6 Å². The van der Waals surface area contributed by atoms with Crippen LogP contribution in [0.4, 0.5) is 0 Å². The molecule has 1 heterocycles. The Hall–Kier alpha value is -0.340. The normalized spacial score (nSPS) is 12.8. The summed E-state index contributed by atoms with van der Waals surface area (Å²) in [6, 6.07) is 4.25. The van der Waals surface area contributed by atoms with Crippen molar-refractivity contribution in [2.45, 2.75) is 40.0 Å². The first-order valence-corrected chi connectivity index (χ1v) is 9.19. The second kappa shape index (κ2) is 14.0. The number of rotatable bonds is 10. The van der Waals surface area contributed by atoms with Gasteiger partial charge in [0.25, 0.3) is 0 Å². The molecule has 1 unspecified atom stereocenters. The van der Waals surface area contributed by atoms with E-state index in [-0.39, 0.29) is 30.6 Å². The van der Waals surface area contributed by atoms with E-state index < -0.39 is 0 Å². The van der Waals surface area contributed by atoms with Crippen molar-refractivity contribution in [2.24, 2.45) is 16.8 Å². The van der Waals surface area contributed by atoms with Crippen LogP contribution in [-0.4, -0.2) is 37.3 Å². The van der Waals surface area contributed by atoms with Crippen LogP contribution in [0.5, 0.6) is 0 Å². The van der Waals surface area contributed by atoms with E-state index in [1.54, 1.807) is 11.3 Å². The molecule has 3 N–H and O–H groups in total. The third-order valence-electron chi connectivity index (χ3n) is 3.44. The van der Waals surface area contributed by atoms with E-state index in [2.05, 4.69) is 48.9 Å². The first kappa shape index (κ1) is 22.7. The molecule has 1 aromatic heterocycles. The van der Waals surface area contributed by atoms with Gasteiger partial charge in [0.1, 0.15) is 0 Å². The van der Waals surface area contributed by atoms with Crippen molar-refractivity contribution in [3.8, 4) is 0 Å². The molecular weight excluding hydrogens is 421 g/mol. The minimum atomic E-state index is 0. The molecule has 23 heavy (non-hydrogen) atoms. The Bertz CT molecular complexity index is 410. The number of nitrogens with zero attached hydrogens (tertiary/aromatic N) is 1. The number of hydrogen-bond donors (Lipinski definition) is 3. The Morgan fingerprint density at radius 2 is 2.13 bits per heavy atom. The lowest BCUT2D eigenvalue weighted by molar-refractivity contribution is 0.245. The van der Waals surface area contributed by atoms with Gasteiger partial charge in [0.15, 0.2) is 5.96 Å². The number of halogens is 1. The summed E-state index contributed by atoms with van der Waals surface area (Å²) in [6.45, 7) is 9.29. The molecular formula is C17H32IN3OS. The molecule has 0 saturated carbocycles. The van der Waals surface area contributed by atoms with Crippen molar-refractivity contribution < 1.29 is 5.11 Å². The summed E-state index contributed by atoms with van der Waals surface area (Å²) in [6.07, 6.45) is 2.96. The molecule has 1 aromatic rings. The van der Waals surface area contributed by atoms with Gasteiger partial charge in [0.2, 0.25) is 0 Å². The average molecular weight is 453 g/mol. The molecule has 0 amide bonds. The van der Waals surface area contributed by atoms with Crippen LogP contribution in [0.2, 0.25) is 0 Å². The summed E-state index contributed by atoms with van der Waals surface area (Å²) in [7, 11) is 0. The van der Waals surface area contributed by atoms with Crippen molar-refractivity contribution in [2.75, 3.05) is 26.2 Å². The van der Waals surface area contributed by atoms with Crippen molar-refractivity contribution in [3.63, 3.8) is 0 Å². The number of thiophene rings is 1. The van der Waals surface area contributed by atoms with E-state index in [1.807, 2.05) is 0 Å². The largest absolute Gasteiger partial charge is 0.396 e. The Kier molecular flexibility index (Phi) is 13.8. The van der Waals surface area contributed by atoms with Gasteiger partial charge < -0.3 is 15.7 Å². The summed E-state index contributed by atoms with van der Waals surface area (Å²) in [5.41, 5.74) is 0.